The van der Waals surface area contributed by atoms with Gasteiger partial charge in [0.1, 0.15) is 17.8 Å². The lowest BCUT2D eigenvalue weighted by atomic mass is 9.56. The average molecular weight is 980 g/mol. The molecule has 72 heavy (non-hydrogen) atoms. The number of hydrogen-bond donors (Lipinski definition) is 6. The van der Waals surface area contributed by atoms with Gasteiger partial charge in [-0.3, -0.25) is 14.4 Å². The minimum Gasteiger partial charge on any atom is -0.507 e. The highest BCUT2D eigenvalue weighted by Gasteiger charge is 2.51. The van der Waals surface area contributed by atoms with E-state index in [9.17, 15) is 29.7 Å². The summed E-state index contributed by atoms with van der Waals surface area (Å²) in [5, 5.41) is 49.5. The van der Waals surface area contributed by atoms with E-state index in [1.54, 1.807) is 24.3 Å². The molecule has 3 saturated heterocycles. The first-order valence-electron chi connectivity index (χ1n) is 26.0. The van der Waals surface area contributed by atoms with Crippen LogP contribution in [0.5, 0.6) is 5.75 Å². The van der Waals surface area contributed by atoms with Gasteiger partial charge in [-0.25, -0.2) is 9.97 Å². The molecule has 2 aliphatic carbocycles. The van der Waals surface area contributed by atoms with Crippen molar-refractivity contribution >= 4 is 35.2 Å². The minimum absolute atomic E-state index is 0.0147. The molecule has 0 unspecified atom stereocenters. The lowest BCUT2D eigenvalue weighted by molar-refractivity contribution is -0.145. The van der Waals surface area contributed by atoms with Crippen LogP contribution in [0.3, 0.4) is 0 Å². The molecule has 2 saturated carbocycles. The molecule has 10 rings (SSSR count). The number of carbonyl (C=O) groups excluding carboxylic acids is 3. The first kappa shape index (κ1) is 49.2. The largest absolute Gasteiger partial charge is 0.507 e. The highest BCUT2D eigenvalue weighted by Crippen LogP contribution is 2.55. The van der Waals surface area contributed by atoms with Gasteiger partial charge in [-0.1, -0.05) is 44.0 Å². The number of likely N-dealkylation sites (tertiary alicyclic amines) is 2. The maximum atomic E-state index is 14.4. The van der Waals surface area contributed by atoms with Gasteiger partial charge in [-0.15, -0.1) is 16.6 Å². The van der Waals surface area contributed by atoms with Crippen LogP contribution in [-0.2, 0) is 20.9 Å². The van der Waals surface area contributed by atoms with E-state index in [1.165, 1.54) is 10.5 Å². The normalized spacial score (nSPS) is 25.9. The molecule has 5 fully saturated rings. The molecule has 6 heterocycles. The van der Waals surface area contributed by atoms with Crippen LogP contribution in [0, 0.1) is 29.1 Å². The van der Waals surface area contributed by atoms with Crippen molar-refractivity contribution in [1.82, 2.24) is 40.6 Å². The minimum atomic E-state index is -0.982. The van der Waals surface area contributed by atoms with Gasteiger partial charge in [-0.2, -0.15) is 0 Å². The summed E-state index contributed by atoms with van der Waals surface area (Å²) in [7, 11) is 0. The molecular weight excluding hydrogens is 911 g/mol. The zero-order chi connectivity index (χ0) is 50.1. The number of phenols is 1. The third-order valence-corrected chi connectivity index (χ3v) is 17.0. The molecule has 380 valence electrons. The van der Waals surface area contributed by atoms with Crippen LogP contribution < -0.4 is 25.8 Å². The van der Waals surface area contributed by atoms with Crippen molar-refractivity contribution in [2.75, 3.05) is 67.5 Å². The SMILES string of the molecule is C#Cc1ccc(CNC(=O)[C@@H]2C[C@@H](O)CN2C(=O)[C@@H](NC(=O)C2CCC3(CC2)CC(N2CCC(c4cnc(N5CCN6c7cc(-c8ccccc8O)nnc7NC[C@H]6C5)nc4)CC2)C3)C(C)(C)CCO)cc1. The Bertz CT molecular complexity index is 2640. The van der Waals surface area contributed by atoms with E-state index < -0.39 is 29.5 Å². The van der Waals surface area contributed by atoms with E-state index in [1.807, 2.05) is 56.6 Å². The lowest BCUT2D eigenvalue weighted by Gasteiger charge is -2.55. The highest BCUT2D eigenvalue weighted by atomic mass is 16.3. The van der Waals surface area contributed by atoms with Crippen molar-refractivity contribution in [3.8, 4) is 29.4 Å². The number of hydrogen-bond acceptors (Lipinski definition) is 14. The molecule has 2 aromatic carbocycles. The predicted molar refractivity (Wildman–Crippen MR) is 274 cm³/mol. The highest BCUT2D eigenvalue weighted by molar-refractivity contribution is 5.93. The summed E-state index contributed by atoms with van der Waals surface area (Å²) in [5.41, 5.74) is 4.52. The summed E-state index contributed by atoms with van der Waals surface area (Å²) in [5.74, 6) is 3.53. The number of benzene rings is 2. The molecule has 2 aromatic heterocycles. The zero-order valence-electron chi connectivity index (χ0n) is 41.5. The number of phenolic OH excluding ortho intramolecular Hbond substituents is 1. The van der Waals surface area contributed by atoms with Crippen molar-refractivity contribution in [2.24, 2.45) is 16.7 Å². The van der Waals surface area contributed by atoms with E-state index in [-0.39, 0.29) is 67.5 Å². The Morgan fingerprint density at radius 1 is 0.931 bits per heavy atom. The Morgan fingerprint density at radius 3 is 2.38 bits per heavy atom. The Kier molecular flexibility index (Phi) is 14.1. The van der Waals surface area contributed by atoms with Gasteiger partial charge in [-0.05, 0) is 129 Å². The molecule has 6 N–H and O–H groups in total. The molecule has 17 nitrogen and oxygen atoms in total. The molecule has 6 aliphatic rings. The summed E-state index contributed by atoms with van der Waals surface area (Å²) in [6, 6.07) is 15.4. The average Bonchev–Trinajstić information content (AvgIpc) is 3.80. The second-order valence-electron chi connectivity index (χ2n) is 22.0. The number of terminal acetylenes is 1. The van der Waals surface area contributed by atoms with Gasteiger partial charge in [0.05, 0.1) is 23.5 Å². The third kappa shape index (κ3) is 10.2. The second kappa shape index (κ2) is 20.6. The lowest BCUT2D eigenvalue weighted by Crippen LogP contribution is -2.59. The summed E-state index contributed by atoms with van der Waals surface area (Å²) in [6.45, 7) is 8.96. The van der Waals surface area contributed by atoms with Crippen molar-refractivity contribution in [1.29, 1.82) is 0 Å². The molecule has 17 heteroatoms. The van der Waals surface area contributed by atoms with Gasteiger partial charge >= 0.3 is 0 Å². The van der Waals surface area contributed by atoms with E-state index in [2.05, 4.69) is 46.8 Å². The van der Waals surface area contributed by atoms with Crippen molar-refractivity contribution in [3.05, 3.63) is 83.7 Å². The monoisotopic (exact) mass is 980 g/mol. The number of piperidine rings is 1. The van der Waals surface area contributed by atoms with Crippen LogP contribution in [0.15, 0.2) is 67.0 Å². The molecule has 4 atom stereocenters. The first-order chi connectivity index (χ1) is 34.8. The number of aliphatic hydroxyl groups excluding tert-OH is 2. The number of nitrogens with one attached hydrogen (secondary N) is 3. The quantitative estimate of drug-likeness (QED) is 0.102. The fourth-order valence-electron chi connectivity index (χ4n) is 12.5. The van der Waals surface area contributed by atoms with Gasteiger partial charge in [0.2, 0.25) is 23.7 Å². The Balaban J connectivity index is 0.679. The smallest absolute Gasteiger partial charge is 0.246 e. The van der Waals surface area contributed by atoms with E-state index in [0.717, 1.165) is 119 Å². The second-order valence-corrected chi connectivity index (χ2v) is 22.0. The molecule has 0 radical (unpaired) electrons. The number of carbonyl (C=O) groups is 3. The number of piperazine rings is 1. The number of aromatic nitrogens is 4. The standard InChI is InChI=1S/C55H69N11O6/c1-4-35-9-11-36(12-10-35)29-57-51(71)46-25-42(68)34-66(46)52(72)48(54(2,3)19-24-67)60-50(70)38-13-17-55(18-14-38)27-40(28-55)63-20-15-37(16-21-63)39-30-58-53(59-31-39)64-22-23-65-41(33-64)32-56-49-45(65)26-44(61-62-49)43-7-5-6-8-47(43)69/h1,5-12,26,30-31,37-38,40-42,46,48,67-69H,13-25,27-29,32-34H2,2-3H3,(H,56,62)(H,57,71)(H,60,70)/t38?,40?,41-,42+,46-,48+,55?/m0/s1. The zero-order valence-corrected chi connectivity index (χ0v) is 41.5. The van der Waals surface area contributed by atoms with Gasteiger partial charge in [0, 0.05) is 87.8 Å². The number of nitrogens with zero attached hydrogens (tertiary/aromatic N) is 8. The first-order valence-corrected chi connectivity index (χ1v) is 26.0. The number of amides is 3. The van der Waals surface area contributed by atoms with Crippen molar-refractivity contribution in [3.63, 3.8) is 0 Å². The van der Waals surface area contributed by atoms with Crippen LogP contribution in [0.1, 0.15) is 101 Å². The number of rotatable bonds is 13. The van der Waals surface area contributed by atoms with Crippen molar-refractivity contribution < 1.29 is 29.7 Å². The predicted octanol–water partition coefficient (Wildman–Crippen LogP) is 4.43. The Labute approximate surface area is 422 Å². The summed E-state index contributed by atoms with van der Waals surface area (Å²) in [6.07, 6.45) is 16.9. The van der Waals surface area contributed by atoms with Gasteiger partial charge < -0.3 is 50.9 Å². The van der Waals surface area contributed by atoms with E-state index >= 15 is 0 Å². The van der Waals surface area contributed by atoms with E-state index in [0.29, 0.717) is 23.2 Å². The van der Waals surface area contributed by atoms with Gasteiger partial charge in [0.15, 0.2) is 5.82 Å². The fourth-order valence-corrected chi connectivity index (χ4v) is 12.5. The molecule has 0 bridgehead atoms. The maximum absolute atomic E-state index is 14.4. The molecule has 3 amide bonds. The summed E-state index contributed by atoms with van der Waals surface area (Å²) < 4.78 is 0. The Morgan fingerprint density at radius 2 is 1.67 bits per heavy atom. The van der Waals surface area contributed by atoms with Crippen LogP contribution in [0.2, 0.25) is 0 Å². The third-order valence-electron chi connectivity index (χ3n) is 17.0. The molecule has 4 aliphatic heterocycles. The maximum Gasteiger partial charge on any atom is 0.246 e. The number of anilines is 3. The molecule has 4 aromatic rings. The fraction of sp³-hybridized carbons (Fsp3) is 0.545. The van der Waals surface area contributed by atoms with Crippen LogP contribution >= 0.6 is 0 Å². The topological polar surface area (TPSA) is 213 Å². The van der Waals surface area contributed by atoms with Crippen LogP contribution in [0.25, 0.3) is 11.3 Å². The molecule has 1 spiro atoms. The number of aliphatic hydroxyl groups is 2. The van der Waals surface area contributed by atoms with Crippen LogP contribution in [-0.4, -0.2) is 146 Å². The number of β-amino-alcohol motifs (C(OH)–C–C–N with tert-alkyl or cyclic N) is 1. The molecular formula is C55H69N11O6. The Hall–Kier alpha value is -6.35. The number of aromatic hydroxyl groups is 1. The van der Waals surface area contributed by atoms with Gasteiger partial charge in [0.25, 0.3) is 0 Å². The number of para-hydroxylation sites is 1. The summed E-state index contributed by atoms with van der Waals surface area (Å²) in [4.78, 5) is 60.5. The number of fused-ring (bicyclic) bond motifs is 3. The van der Waals surface area contributed by atoms with Crippen molar-refractivity contribution in [2.45, 2.75) is 121 Å². The van der Waals surface area contributed by atoms with Crippen LogP contribution in [0.4, 0.5) is 17.5 Å². The summed E-state index contributed by atoms with van der Waals surface area (Å²) >= 11 is 0. The van der Waals surface area contributed by atoms with E-state index in [4.69, 9.17) is 16.4 Å².